The van der Waals surface area contributed by atoms with Crippen molar-refractivity contribution < 1.29 is 14.3 Å². The molecule has 1 N–H and O–H groups in total. The molecule has 0 aliphatic carbocycles. The predicted molar refractivity (Wildman–Crippen MR) is 90.5 cm³/mol. The molecule has 1 aromatic carbocycles. The van der Waals surface area contributed by atoms with E-state index >= 15 is 0 Å². The lowest BCUT2D eigenvalue weighted by molar-refractivity contribution is 0.0927. The molecule has 2 aromatic rings. The molecule has 0 fully saturated rings. The number of methoxy groups -OCH3 is 2. The normalized spacial score (nSPS) is 10.5. The second-order valence-electron chi connectivity index (χ2n) is 5.04. The molecule has 1 amide bonds. The second-order valence-corrected chi connectivity index (χ2v) is 5.04. The Hall–Kier alpha value is -2.94. The van der Waals surface area contributed by atoms with Crippen LogP contribution in [0.4, 0.5) is 0 Å². The number of carbonyl (C=O) groups is 1. The molecule has 0 bridgehead atoms. The quantitative estimate of drug-likeness (QED) is 0.695. The summed E-state index contributed by atoms with van der Waals surface area (Å²) < 4.78 is 11.9. The second kappa shape index (κ2) is 8.25. The monoisotopic (exact) mass is 348 g/mol. The van der Waals surface area contributed by atoms with Crippen molar-refractivity contribution in [3.8, 4) is 11.4 Å². The molecule has 0 unspecified atom stereocenters. The molecule has 0 aliphatic heterocycles. The molecule has 0 aliphatic rings. The van der Waals surface area contributed by atoms with Gasteiger partial charge in [-0.2, -0.15) is 9.78 Å². The summed E-state index contributed by atoms with van der Waals surface area (Å²) in [6.07, 6.45) is 0. The molecular formula is C16H20N4O5. The Morgan fingerprint density at radius 2 is 1.88 bits per heavy atom. The molecule has 1 heterocycles. The molecule has 9 nitrogen and oxygen atoms in total. The van der Waals surface area contributed by atoms with Crippen LogP contribution < -0.4 is 21.3 Å². The van der Waals surface area contributed by atoms with Gasteiger partial charge in [-0.15, -0.1) is 0 Å². The van der Waals surface area contributed by atoms with E-state index in [0.717, 1.165) is 9.25 Å². The first-order valence-electron chi connectivity index (χ1n) is 7.69. The summed E-state index contributed by atoms with van der Waals surface area (Å²) in [6.45, 7) is 2.29. The van der Waals surface area contributed by atoms with Crippen LogP contribution in [0.25, 0.3) is 5.69 Å². The highest BCUT2D eigenvalue weighted by Crippen LogP contribution is 2.12. The number of nitrogens with zero attached hydrogens (tertiary/aromatic N) is 3. The van der Waals surface area contributed by atoms with Gasteiger partial charge in [0.25, 0.3) is 11.5 Å². The zero-order chi connectivity index (χ0) is 18.4. The van der Waals surface area contributed by atoms with E-state index in [9.17, 15) is 14.4 Å². The van der Waals surface area contributed by atoms with Crippen LogP contribution in [0.3, 0.4) is 0 Å². The van der Waals surface area contributed by atoms with E-state index in [1.54, 1.807) is 31.2 Å². The van der Waals surface area contributed by atoms with Crippen molar-refractivity contribution >= 4 is 5.91 Å². The fourth-order valence-electron chi connectivity index (χ4n) is 2.18. The van der Waals surface area contributed by atoms with Crippen molar-refractivity contribution in [1.29, 1.82) is 0 Å². The van der Waals surface area contributed by atoms with Crippen molar-refractivity contribution in [3.63, 3.8) is 0 Å². The van der Waals surface area contributed by atoms with Gasteiger partial charge in [0.1, 0.15) is 5.75 Å². The molecule has 9 heteroatoms. The Bertz CT molecular complexity index is 854. The van der Waals surface area contributed by atoms with E-state index < -0.39 is 17.2 Å². The highest BCUT2D eigenvalue weighted by molar-refractivity contribution is 5.91. The van der Waals surface area contributed by atoms with Gasteiger partial charge in [0.2, 0.25) is 5.69 Å². The highest BCUT2D eigenvalue weighted by atomic mass is 16.5. The third kappa shape index (κ3) is 3.94. The zero-order valence-electron chi connectivity index (χ0n) is 14.3. The lowest BCUT2D eigenvalue weighted by atomic mass is 10.3. The summed E-state index contributed by atoms with van der Waals surface area (Å²) in [6, 6.07) is 6.54. The summed E-state index contributed by atoms with van der Waals surface area (Å²) in [7, 11) is 3.03. The Morgan fingerprint density at radius 3 is 2.44 bits per heavy atom. The Morgan fingerprint density at radius 1 is 1.20 bits per heavy atom. The van der Waals surface area contributed by atoms with Gasteiger partial charge in [0.15, 0.2) is 0 Å². The minimum Gasteiger partial charge on any atom is -0.497 e. The van der Waals surface area contributed by atoms with Crippen molar-refractivity contribution in [3.05, 3.63) is 50.8 Å². The smallest absolute Gasteiger partial charge is 0.352 e. The maximum absolute atomic E-state index is 12.5. The van der Waals surface area contributed by atoms with Crippen molar-refractivity contribution in [2.24, 2.45) is 0 Å². The highest BCUT2D eigenvalue weighted by Gasteiger charge is 2.19. The zero-order valence-corrected chi connectivity index (χ0v) is 14.3. The molecule has 0 saturated carbocycles. The van der Waals surface area contributed by atoms with Crippen molar-refractivity contribution in [1.82, 2.24) is 19.7 Å². The van der Waals surface area contributed by atoms with E-state index in [0.29, 0.717) is 18.0 Å². The van der Waals surface area contributed by atoms with Crippen LogP contribution >= 0.6 is 0 Å². The molecule has 0 saturated heterocycles. The molecule has 25 heavy (non-hydrogen) atoms. The van der Waals surface area contributed by atoms with Gasteiger partial charge in [-0.1, -0.05) is 0 Å². The molecule has 0 spiro atoms. The number of rotatable bonds is 7. The van der Waals surface area contributed by atoms with E-state index in [2.05, 4.69) is 10.4 Å². The van der Waals surface area contributed by atoms with Crippen LogP contribution in [-0.2, 0) is 11.3 Å². The Kier molecular flexibility index (Phi) is 6.07. The molecular weight excluding hydrogens is 328 g/mol. The third-order valence-corrected chi connectivity index (χ3v) is 3.50. The van der Waals surface area contributed by atoms with Crippen molar-refractivity contribution in [2.75, 3.05) is 27.4 Å². The molecule has 0 atom stereocenters. The van der Waals surface area contributed by atoms with Gasteiger partial charge in [0.05, 0.1) is 19.4 Å². The van der Waals surface area contributed by atoms with Crippen LogP contribution in [0.15, 0.2) is 33.9 Å². The maximum Gasteiger partial charge on any atom is 0.352 e. The van der Waals surface area contributed by atoms with E-state index in [1.807, 2.05) is 0 Å². The topological polar surface area (TPSA) is 104 Å². The number of nitrogens with one attached hydrogen (secondary N) is 1. The average Bonchev–Trinajstić information content (AvgIpc) is 2.62. The number of amides is 1. The van der Waals surface area contributed by atoms with Crippen LogP contribution in [0, 0.1) is 0 Å². The summed E-state index contributed by atoms with van der Waals surface area (Å²) in [5, 5.41) is 6.50. The maximum atomic E-state index is 12.5. The summed E-state index contributed by atoms with van der Waals surface area (Å²) in [5.41, 5.74) is -1.29. The van der Waals surface area contributed by atoms with Gasteiger partial charge in [-0.05, 0) is 31.2 Å². The summed E-state index contributed by atoms with van der Waals surface area (Å²) in [5.74, 6) is -0.0512. The Labute approximate surface area is 143 Å². The predicted octanol–water partition coefficient (Wildman–Crippen LogP) is -0.201. The van der Waals surface area contributed by atoms with Crippen LogP contribution in [0.5, 0.6) is 5.75 Å². The van der Waals surface area contributed by atoms with E-state index in [1.165, 1.54) is 14.2 Å². The summed E-state index contributed by atoms with van der Waals surface area (Å²) in [4.78, 5) is 37.1. The first-order chi connectivity index (χ1) is 12.0. The third-order valence-electron chi connectivity index (χ3n) is 3.50. The lowest BCUT2D eigenvalue weighted by Gasteiger charge is -2.11. The summed E-state index contributed by atoms with van der Waals surface area (Å²) >= 11 is 0. The van der Waals surface area contributed by atoms with E-state index in [-0.39, 0.29) is 18.8 Å². The number of carbonyl (C=O) groups excluding carboxylic acids is 1. The molecule has 134 valence electrons. The number of hydrogen-bond donors (Lipinski definition) is 1. The SMILES string of the molecule is CCn1c(=O)c(C(=O)NCCOC)nn(-c2ccc(OC)cc2)c1=O. The number of hydrogen-bond acceptors (Lipinski definition) is 6. The number of benzene rings is 1. The first-order valence-corrected chi connectivity index (χ1v) is 7.69. The van der Waals surface area contributed by atoms with Gasteiger partial charge in [-0.3, -0.25) is 14.2 Å². The van der Waals surface area contributed by atoms with Crippen LogP contribution in [0.2, 0.25) is 0 Å². The van der Waals surface area contributed by atoms with Crippen molar-refractivity contribution in [2.45, 2.75) is 13.5 Å². The molecule has 1 aromatic heterocycles. The molecule has 2 rings (SSSR count). The minimum atomic E-state index is -0.729. The van der Waals surface area contributed by atoms with Gasteiger partial charge in [-0.25, -0.2) is 4.79 Å². The van der Waals surface area contributed by atoms with Gasteiger partial charge >= 0.3 is 5.69 Å². The minimum absolute atomic E-state index is 0.120. The average molecular weight is 348 g/mol. The lowest BCUT2D eigenvalue weighted by Crippen LogP contribution is -2.45. The first kappa shape index (κ1) is 18.4. The largest absolute Gasteiger partial charge is 0.497 e. The van der Waals surface area contributed by atoms with Gasteiger partial charge < -0.3 is 14.8 Å². The standard InChI is InChI=1S/C16H20N4O5/c1-4-19-15(22)13(14(21)17-9-10-24-2)18-20(16(19)23)11-5-7-12(25-3)8-6-11/h5-8H,4,9-10H2,1-3H3,(H,17,21). The van der Waals surface area contributed by atoms with E-state index in [4.69, 9.17) is 9.47 Å². The van der Waals surface area contributed by atoms with Gasteiger partial charge in [0, 0.05) is 20.2 Å². The Balaban J connectivity index is 2.52. The van der Waals surface area contributed by atoms with Crippen LogP contribution in [0.1, 0.15) is 17.4 Å². The molecule has 0 radical (unpaired) electrons. The number of aromatic nitrogens is 3. The fraction of sp³-hybridized carbons (Fsp3) is 0.375. The van der Waals surface area contributed by atoms with Crippen LogP contribution in [-0.4, -0.2) is 47.6 Å². The number of ether oxygens (including phenoxy) is 2. The fourth-order valence-corrected chi connectivity index (χ4v) is 2.18.